The second-order valence-corrected chi connectivity index (χ2v) is 5.50. The smallest absolute Gasteiger partial charge is 0.191 e. The molecule has 2 heterocycles. The summed E-state index contributed by atoms with van der Waals surface area (Å²) in [7, 11) is 3.67. The van der Waals surface area contributed by atoms with Crippen molar-refractivity contribution in [2.45, 2.75) is 32.7 Å². The van der Waals surface area contributed by atoms with Gasteiger partial charge in [0.2, 0.25) is 0 Å². The number of aryl methyl sites for hydroxylation is 1. The molecule has 0 atom stereocenters. The first-order valence-corrected chi connectivity index (χ1v) is 7.46. The highest BCUT2D eigenvalue weighted by atomic mass is 16.5. The Morgan fingerprint density at radius 3 is 2.82 bits per heavy atom. The molecule has 0 unspecified atom stereocenters. The van der Waals surface area contributed by atoms with Crippen molar-refractivity contribution in [3.8, 4) is 0 Å². The first-order valence-electron chi connectivity index (χ1n) is 7.46. The average Bonchev–Trinajstić information content (AvgIpc) is 3.11. The fourth-order valence-corrected chi connectivity index (χ4v) is 2.00. The normalized spacial score (nSPS) is 12.0. The second kappa shape index (κ2) is 7.63. The predicted molar refractivity (Wildman–Crippen MR) is 85.7 cm³/mol. The molecule has 0 fully saturated rings. The van der Waals surface area contributed by atoms with Crippen LogP contribution in [0.25, 0.3) is 0 Å². The summed E-state index contributed by atoms with van der Waals surface area (Å²) in [6.45, 7) is 5.53. The molecule has 2 N–H and O–H groups in total. The largest absolute Gasteiger partial charge is 0.359 e. The van der Waals surface area contributed by atoms with Crippen molar-refractivity contribution in [3.05, 3.63) is 35.5 Å². The molecular weight excluding hydrogens is 280 g/mol. The van der Waals surface area contributed by atoms with Gasteiger partial charge in [-0.25, -0.2) is 0 Å². The van der Waals surface area contributed by atoms with Gasteiger partial charge in [0.05, 0.1) is 18.4 Å². The van der Waals surface area contributed by atoms with E-state index in [-0.39, 0.29) is 0 Å². The summed E-state index contributed by atoms with van der Waals surface area (Å²) in [5.74, 6) is 1.92. The minimum absolute atomic E-state index is 0.370. The summed E-state index contributed by atoms with van der Waals surface area (Å²) in [5, 5.41) is 14.7. The van der Waals surface area contributed by atoms with Gasteiger partial charge < -0.3 is 15.2 Å². The molecule has 7 nitrogen and oxygen atoms in total. The molecule has 0 aliphatic heterocycles. The molecule has 0 saturated carbocycles. The van der Waals surface area contributed by atoms with Crippen molar-refractivity contribution in [2.75, 3.05) is 13.6 Å². The van der Waals surface area contributed by atoms with Gasteiger partial charge in [-0.3, -0.25) is 9.67 Å². The van der Waals surface area contributed by atoms with Crippen molar-refractivity contribution in [1.29, 1.82) is 0 Å². The molecular formula is C15H24N6O. The zero-order chi connectivity index (χ0) is 15.9. The quantitative estimate of drug-likeness (QED) is 0.623. The molecule has 2 aromatic heterocycles. The SMILES string of the molecule is CN=C(NCCc1cnn(C)c1)NCc1cc(C(C)C)no1. The number of nitrogens with zero attached hydrogens (tertiary/aromatic N) is 4. The van der Waals surface area contributed by atoms with Crippen LogP contribution in [0.4, 0.5) is 0 Å². The molecule has 0 radical (unpaired) electrons. The zero-order valence-corrected chi connectivity index (χ0v) is 13.6. The van der Waals surface area contributed by atoms with Crippen LogP contribution in [0.15, 0.2) is 28.0 Å². The average molecular weight is 304 g/mol. The van der Waals surface area contributed by atoms with Crippen molar-refractivity contribution in [3.63, 3.8) is 0 Å². The molecule has 0 spiro atoms. The topological polar surface area (TPSA) is 80.3 Å². The molecule has 2 aromatic rings. The van der Waals surface area contributed by atoms with E-state index in [1.165, 1.54) is 5.56 Å². The maximum absolute atomic E-state index is 5.29. The molecule has 0 amide bonds. The predicted octanol–water partition coefficient (Wildman–Crippen LogP) is 1.44. The van der Waals surface area contributed by atoms with Crippen LogP contribution in [0, 0.1) is 0 Å². The molecule has 0 saturated heterocycles. The Hall–Kier alpha value is -2.31. The van der Waals surface area contributed by atoms with Gasteiger partial charge in [0.1, 0.15) is 0 Å². The maximum Gasteiger partial charge on any atom is 0.191 e. The van der Waals surface area contributed by atoms with Crippen LogP contribution in [0.1, 0.15) is 36.8 Å². The molecule has 0 aromatic carbocycles. The minimum atomic E-state index is 0.370. The Labute approximate surface area is 130 Å². The molecule has 0 aliphatic carbocycles. The van der Waals surface area contributed by atoms with Crippen molar-refractivity contribution in [2.24, 2.45) is 12.0 Å². The molecule has 120 valence electrons. The first-order chi connectivity index (χ1) is 10.6. The highest BCUT2D eigenvalue weighted by molar-refractivity contribution is 5.79. The Kier molecular flexibility index (Phi) is 5.57. The van der Waals surface area contributed by atoms with E-state index in [2.05, 4.69) is 39.7 Å². The third-order valence-electron chi connectivity index (χ3n) is 3.29. The van der Waals surface area contributed by atoms with E-state index in [0.29, 0.717) is 12.5 Å². The van der Waals surface area contributed by atoms with E-state index in [9.17, 15) is 0 Å². The van der Waals surface area contributed by atoms with Gasteiger partial charge in [-0.15, -0.1) is 0 Å². The lowest BCUT2D eigenvalue weighted by molar-refractivity contribution is 0.372. The van der Waals surface area contributed by atoms with Gasteiger partial charge in [0.15, 0.2) is 11.7 Å². The number of aromatic nitrogens is 3. The van der Waals surface area contributed by atoms with Crippen LogP contribution in [-0.4, -0.2) is 34.5 Å². The van der Waals surface area contributed by atoms with Crippen LogP contribution in [-0.2, 0) is 20.0 Å². The van der Waals surface area contributed by atoms with Gasteiger partial charge in [0.25, 0.3) is 0 Å². The Balaban J connectivity index is 1.74. The number of nitrogens with one attached hydrogen (secondary N) is 2. The van der Waals surface area contributed by atoms with E-state index in [0.717, 1.165) is 30.4 Å². The fourth-order valence-electron chi connectivity index (χ4n) is 2.00. The molecule has 22 heavy (non-hydrogen) atoms. The fraction of sp³-hybridized carbons (Fsp3) is 0.533. The number of hydrogen-bond acceptors (Lipinski definition) is 4. The summed E-state index contributed by atoms with van der Waals surface area (Å²) in [4.78, 5) is 4.19. The standard InChI is InChI=1S/C15H24N6O/c1-11(2)14-7-13(22-20-14)9-18-15(16-3)17-6-5-12-8-19-21(4)10-12/h7-8,10-11H,5-6,9H2,1-4H3,(H2,16,17,18). The highest BCUT2D eigenvalue weighted by Crippen LogP contribution is 2.13. The Bertz CT molecular complexity index is 613. The van der Waals surface area contributed by atoms with E-state index in [4.69, 9.17) is 4.52 Å². The number of hydrogen-bond donors (Lipinski definition) is 2. The van der Waals surface area contributed by atoms with Crippen molar-refractivity contribution < 1.29 is 4.52 Å². The molecule has 7 heteroatoms. The lowest BCUT2D eigenvalue weighted by atomic mass is 10.1. The third-order valence-corrected chi connectivity index (χ3v) is 3.29. The number of guanidine groups is 1. The van der Waals surface area contributed by atoms with Gasteiger partial charge in [-0.2, -0.15) is 5.10 Å². The van der Waals surface area contributed by atoms with Crippen LogP contribution in [0.3, 0.4) is 0 Å². The van der Waals surface area contributed by atoms with Gasteiger partial charge in [0, 0.05) is 32.9 Å². The van der Waals surface area contributed by atoms with Crippen LogP contribution in [0.2, 0.25) is 0 Å². The Morgan fingerprint density at radius 1 is 1.41 bits per heavy atom. The van der Waals surface area contributed by atoms with Crippen molar-refractivity contribution in [1.82, 2.24) is 25.6 Å². The van der Waals surface area contributed by atoms with Gasteiger partial charge >= 0.3 is 0 Å². The second-order valence-electron chi connectivity index (χ2n) is 5.50. The summed E-state index contributed by atoms with van der Waals surface area (Å²) >= 11 is 0. The highest BCUT2D eigenvalue weighted by Gasteiger charge is 2.08. The van der Waals surface area contributed by atoms with E-state index < -0.39 is 0 Å². The first kappa shape index (κ1) is 16.1. The summed E-state index contributed by atoms with van der Waals surface area (Å²) in [5.41, 5.74) is 2.17. The van der Waals surface area contributed by atoms with Gasteiger partial charge in [-0.05, 0) is 17.9 Å². The van der Waals surface area contributed by atoms with Crippen molar-refractivity contribution >= 4 is 5.96 Å². The lowest BCUT2D eigenvalue weighted by Crippen LogP contribution is -2.37. The molecule has 0 aliphatic rings. The van der Waals surface area contributed by atoms with E-state index >= 15 is 0 Å². The minimum Gasteiger partial charge on any atom is -0.359 e. The summed E-state index contributed by atoms with van der Waals surface area (Å²) in [6, 6.07) is 1.97. The monoisotopic (exact) mass is 304 g/mol. The molecule has 0 bridgehead atoms. The molecule has 2 rings (SSSR count). The van der Waals surface area contributed by atoms with Crippen LogP contribution in [0.5, 0.6) is 0 Å². The summed E-state index contributed by atoms with van der Waals surface area (Å²) < 4.78 is 7.10. The number of aliphatic imine (C=N–C) groups is 1. The number of rotatable bonds is 6. The van der Waals surface area contributed by atoms with Crippen LogP contribution >= 0.6 is 0 Å². The van der Waals surface area contributed by atoms with Gasteiger partial charge in [-0.1, -0.05) is 19.0 Å². The zero-order valence-electron chi connectivity index (χ0n) is 13.6. The lowest BCUT2D eigenvalue weighted by Gasteiger charge is -2.09. The Morgan fingerprint density at radius 2 is 2.23 bits per heavy atom. The summed E-state index contributed by atoms with van der Waals surface area (Å²) in [6.07, 6.45) is 4.79. The maximum atomic E-state index is 5.29. The van der Waals surface area contributed by atoms with E-state index in [1.807, 2.05) is 25.5 Å². The van der Waals surface area contributed by atoms with E-state index in [1.54, 1.807) is 11.7 Å². The third kappa shape index (κ3) is 4.61. The van der Waals surface area contributed by atoms with Crippen LogP contribution < -0.4 is 10.6 Å².